The van der Waals surface area contributed by atoms with Crippen LogP contribution in [0.25, 0.3) is 0 Å². The maximum atomic E-state index is 5.86. The van der Waals surface area contributed by atoms with E-state index in [2.05, 4.69) is 34.7 Å². The lowest BCUT2D eigenvalue weighted by Crippen LogP contribution is -2.43. The van der Waals surface area contributed by atoms with E-state index in [0.717, 1.165) is 19.6 Å². The molecular weight excluding hydrogens is 224 g/mol. The van der Waals surface area contributed by atoms with Crippen LogP contribution in [0.2, 0.25) is 0 Å². The molecular formula is C14H26N4. The van der Waals surface area contributed by atoms with Gasteiger partial charge in [0.2, 0.25) is 0 Å². The highest BCUT2D eigenvalue weighted by molar-refractivity contribution is 5.04. The summed E-state index contributed by atoms with van der Waals surface area (Å²) in [5.41, 5.74) is 7.17. The molecule has 18 heavy (non-hydrogen) atoms. The topological polar surface area (TPSA) is 47.1 Å². The first-order valence-corrected chi connectivity index (χ1v) is 7.14. The van der Waals surface area contributed by atoms with Crippen molar-refractivity contribution in [2.75, 3.05) is 13.1 Å². The van der Waals surface area contributed by atoms with Crippen molar-refractivity contribution in [2.45, 2.75) is 52.2 Å². The maximum absolute atomic E-state index is 5.86. The van der Waals surface area contributed by atoms with Crippen molar-refractivity contribution in [1.82, 2.24) is 14.7 Å². The molecule has 0 saturated carbocycles. The summed E-state index contributed by atoms with van der Waals surface area (Å²) in [6.07, 6.45) is 8.06. The van der Waals surface area contributed by atoms with Crippen LogP contribution in [0.4, 0.5) is 0 Å². The molecule has 102 valence electrons. The molecule has 0 radical (unpaired) electrons. The molecule has 2 N–H and O–H groups in total. The number of nitrogens with zero attached hydrogens (tertiary/aromatic N) is 3. The Morgan fingerprint density at radius 3 is 3.00 bits per heavy atom. The van der Waals surface area contributed by atoms with Crippen molar-refractivity contribution in [1.29, 1.82) is 0 Å². The average Bonchev–Trinajstić information content (AvgIpc) is 2.76. The summed E-state index contributed by atoms with van der Waals surface area (Å²) in [5, 5.41) is 4.43. The Balaban J connectivity index is 1.93. The summed E-state index contributed by atoms with van der Waals surface area (Å²) in [4.78, 5) is 2.51. The van der Waals surface area contributed by atoms with E-state index in [1.165, 1.54) is 31.4 Å². The third-order valence-corrected chi connectivity index (χ3v) is 3.65. The first-order valence-electron chi connectivity index (χ1n) is 7.14. The third kappa shape index (κ3) is 3.56. The van der Waals surface area contributed by atoms with Crippen LogP contribution < -0.4 is 5.73 Å². The Labute approximate surface area is 110 Å². The molecule has 2 rings (SSSR count). The standard InChI is InChI=1S/C14H26N4/c1-12(2)9-18-11-13(8-16-18)10-17-6-4-3-5-14(17)7-15/h8,11-12,14H,3-7,9-10,15H2,1-2H3. The Bertz CT molecular complexity index is 358. The second kappa shape index (κ2) is 6.34. The Kier molecular flexibility index (Phi) is 4.78. The first-order chi connectivity index (χ1) is 8.69. The molecule has 0 spiro atoms. The summed E-state index contributed by atoms with van der Waals surface area (Å²) in [7, 11) is 0. The van der Waals surface area contributed by atoms with Crippen molar-refractivity contribution in [3.8, 4) is 0 Å². The van der Waals surface area contributed by atoms with Crippen LogP contribution in [0.3, 0.4) is 0 Å². The van der Waals surface area contributed by atoms with Crippen LogP contribution in [0, 0.1) is 5.92 Å². The van der Waals surface area contributed by atoms with Crippen molar-refractivity contribution < 1.29 is 0 Å². The second-order valence-electron chi connectivity index (χ2n) is 5.82. The number of rotatable bonds is 5. The van der Waals surface area contributed by atoms with Crippen LogP contribution in [0.5, 0.6) is 0 Å². The van der Waals surface area contributed by atoms with Gasteiger partial charge in [-0.25, -0.2) is 0 Å². The fourth-order valence-electron chi connectivity index (χ4n) is 2.73. The van der Waals surface area contributed by atoms with Crippen molar-refractivity contribution in [3.05, 3.63) is 18.0 Å². The maximum Gasteiger partial charge on any atom is 0.0534 e. The monoisotopic (exact) mass is 250 g/mol. The molecule has 1 fully saturated rings. The predicted octanol–water partition coefficient (Wildman–Crippen LogP) is 1.85. The fourth-order valence-corrected chi connectivity index (χ4v) is 2.73. The van der Waals surface area contributed by atoms with E-state index in [4.69, 9.17) is 5.73 Å². The predicted molar refractivity (Wildman–Crippen MR) is 74.2 cm³/mol. The van der Waals surface area contributed by atoms with Gasteiger partial charge >= 0.3 is 0 Å². The van der Waals surface area contributed by atoms with Gasteiger partial charge in [-0.1, -0.05) is 20.3 Å². The number of hydrogen-bond acceptors (Lipinski definition) is 3. The van der Waals surface area contributed by atoms with Gasteiger partial charge in [-0.05, 0) is 25.3 Å². The zero-order valence-electron chi connectivity index (χ0n) is 11.7. The van der Waals surface area contributed by atoms with Gasteiger partial charge in [0, 0.05) is 37.4 Å². The van der Waals surface area contributed by atoms with Crippen molar-refractivity contribution in [2.24, 2.45) is 11.7 Å². The molecule has 0 aliphatic carbocycles. The molecule has 1 aromatic rings. The molecule has 2 heterocycles. The van der Waals surface area contributed by atoms with E-state index in [9.17, 15) is 0 Å². The molecule has 0 aromatic carbocycles. The lowest BCUT2D eigenvalue weighted by atomic mass is 10.0. The lowest BCUT2D eigenvalue weighted by Gasteiger charge is -2.34. The van der Waals surface area contributed by atoms with Gasteiger partial charge in [0.25, 0.3) is 0 Å². The summed E-state index contributed by atoms with van der Waals surface area (Å²) in [5.74, 6) is 0.643. The van der Waals surface area contributed by atoms with Gasteiger partial charge in [-0.15, -0.1) is 0 Å². The van der Waals surface area contributed by atoms with Crippen molar-refractivity contribution >= 4 is 0 Å². The fraction of sp³-hybridized carbons (Fsp3) is 0.786. The minimum absolute atomic E-state index is 0.562. The van der Waals surface area contributed by atoms with Gasteiger partial charge in [0.15, 0.2) is 0 Å². The molecule has 0 bridgehead atoms. The minimum Gasteiger partial charge on any atom is -0.329 e. The molecule has 0 amide bonds. The van der Waals surface area contributed by atoms with Gasteiger partial charge in [0.05, 0.1) is 6.20 Å². The molecule has 1 aliphatic rings. The van der Waals surface area contributed by atoms with Gasteiger partial charge in [-0.3, -0.25) is 9.58 Å². The highest BCUT2D eigenvalue weighted by Crippen LogP contribution is 2.18. The third-order valence-electron chi connectivity index (χ3n) is 3.65. The normalized spacial score (nSPS) is 21.7. The first kappa shape index (κ1) is 13.6. The molecule has 1 aromatic heterocycles. The van der Waals surface area contributed by atoms with Crippen LogP contribution in [0.15, 0.2) is 12.4 Å². The number of nitrogens with two attached hydrogens (primary N) is 1. The Morgan fingerprint density at radius 1 is 1.44 bits per heavy atom. The van der Waals surface area contributed by atoms with E-state index in [-0.39, 0.29) is 0 Å². The van der Waals surface area contributed by atoms with Gasteiger partial charge in [0.1, 0.15) is 0 Å². The molecule has 1 unspecified atom stereocenters. The minimum atomic E-state index is 0.562. The van der Waals surface area contributed by atoms with Gasteiger partial charge < -0.3 is 5.73 Å². The van der Waals surface area contributed by atoms with Crippen LogP contribution in [-0.4, -0.2) is 33.8 Å². The van der Waals surface area contributed by atoms with E-state index in [0.29, 0.717) is 12.0 Å². The number of likely N-dealkylation sites (tertiary alicyclic amines) is 1. The number of aromatic nitrogens is 2. The van der Waals surface area contributed by atoms with Crippen LogP contribution in [0.1, 0.15) is 38.7 Å². The summed E-state index contributed by atoms with van der Waals surface area (Å²) in [6.45, 7) is 8.39. The van der Waals surface area contributed by atoms with Crippen LogP contribution in [-0.2, 0) is 13.1 Å². The largest absolute Gasteiger partial charge is 0.329 e. The van der Waals surface area contributed by atoms with E-state index in [1.807, 2.05) is 6.20 Å². The summed E-state index contributed by atoms with van der Waals surface area (Å²) >= 11 is 0. The van der Waals surface area contributed by atoms with E-state index in [1.54, 1.807) is 0 Å². The van der Waals surface area contributed by atoms with Crippen LogP contribution >= 0.6 is 0 Å². The highest BCUT2D eigenvalue weighted by Gasteiger charge is 2.21. The van der Waals surface area contributed by atoms with Crippen molar-refractivity contribution in [3.63, 3.8) is 0 Å². The van der Waals surface area contributed by atoms with E-state index < -0.39 is 0 Å². The highest BCUT2D eigenvalue weighted by atomic mass is 15.3. The number of piperidine rings is 1. The smallest absolute Gasteiger partial charge is 0.0534 e. The second-order valence-corrected chi connectivity index (χ2v) is 5.82. The molecule has 1 atom stereocenters. The average molecular weight is 250 g/mol. The summed E-state index contributed by atoms with van der Waals surface area (Å²) in [6, 6.07) is 0.562. The zero-order chi connectivity index (χ0) is 13.0. The molecule has 4 nitrogen and oxygen atoms in total. The SMILES string of the molecule is CC(C)Cn1cc(CN2CCCCC2CN)cn1. The Morgan fingerprint density at radius 2 is 2.28 bits per heavy atom. The Hall–Kier alpha value is -0.870. The summed E-state index contributed by atoms with van der Waals surface area (Å²) < 4.78 is 2.06. The van der Waals surface area contributed by atoms with E-state index >= 15 is 0 Å². The number of hydrogen-bond donors (Lipinski definition) is 1. The quantitative estimate of drug-likeness (QED) is 0.867. The van der Waals surface area contributed by atoms with Gasteiger partial charge in [-0.2, -0.15) is 5.10 Å². The zero-order valence-corrected chi connectivity index (χ0v) is 11.7. The molecule has 1 saturated heterocycles. The molecule has 4 heteroatoms. The lowest BCUT2D eigenvalue weighted by molar-refractivity contribution is 0.145. The molecule has 1 aliphatic heterocycles.